The standard InChI is InChI=1S/C53H33N5/c1-3-14-35(15-4-1)51-54-52(36-16-5-2-6-17-36)56-53(55-51)37-28-26-34(27-29-37)38-18-13-19-40(32-38)57-46-24-11-10-23-44(46)45-31-30-39-33-48-43-22-8-7-20-41(43)42-21-9-12-25-47(42)58(48)49(39)50(45)57/h1-33H. The molecule has 0 saturated carbocycles. The number of nitrogens with zero attached hydrogens (tertiary/aromatic N) is 5. The van der Waals surface area contributed by atoms with Gasteiger partial charge < -0.3 is 8.97 Å². The van der Waals surface area contributed by atoms with E-state index in [4.69, 9.17) is 15.0 Å². The van der Waals surface area contributed by atoms with E-state index < -0.39 is 0 Å². The van der Waals surface area contributed by atoms with Gasteiger partial charge >= 0.3 is 0 Å². The summed E-state index contributed by atoms with van der Waals surface area (Å²) >= 11 is 0. The van der Waals surface area contributed by atoms with Gasteiger partial charge in [0.05, 0.1) is 27.6 Å². The highest BCUT2D eigenvalue weighted by Gasteiger charge is 2.20. The van der Waals surface area contributed by atoms with Gasteiger partial charge in [0.1, 0.15) is 0 Å². The number of para-hydroxylation sites is 2. The van der Waals surface area contributed by atoms with Crippen molar-refractivity contribution in [3.63, 3.8) is 0 Å². The van der Waals surface area contributed by atoms with E-state index in [0.29, 0.717) is 17.5 Å². The molecule has 0 spiro atoms. The zero-order valence-electron chi connectivity index (χ0n) is 31.3. The van der Waals surface area contributed by atoms with E-state index >= 15 is 0 Å². The Morgan fingerprint density at radius 1 is 0.293 bits per heavy atom. The maximum Gasteiger partial charge on any atom is 0.164 e. The van der Waals surface area contributed by atoms with Crippen molar-refractivity contribution < 1.29 is 0 Å². The van der Waals surface area contributed by atoms with E-state index in [0.717, 1.165) is 33.5 Å². The third kappa shape index (κ3) is 5.00. The fraction of sp³-hybridized carbons (Fsp3) is 0. The molecular formula is C53H33N5. The number of pyridine rings is 1. The molecular weight excluding hydrogens is 707 g/mol. The highest BCUT2D eigenvalue weighted by Crippen LogP contribution is 2.41. The van der Waals surface area contributed by atoms with Gasteiger partial charge in [-0.25, -0.2) is 15.0 Å². The summed E-state index contributed by atoms with van der Waals surface area (Å²) in [6.45, 7) is 0. The minimum Gasteiger partial charge on any atom is -0.307 e. The first kappa shape index (κ1) is 32.4. The molecule has 12 aromatic rings. The van der Waals surface area contributed by atoms with Crippen molar-refractivity contribution in [2.24, 2.45) is 0 Å². The maximum absolute atomic E-state index is 4.96. The molecule has 8 aromatic carbocycles. The first-order valence-corrected chi connectivity index (χ1v) is 19.6. The van der Waals surface area contributed by atoms with Gasteiger partial charge in [0.2, 0.25) is 0 Å². The number of rotatable bonds is 5. The van der Waals surface area contributed by atoms with Crippen molar-refractivity contribution in [1.29, 1.82) is 0 Å². The minimum absolute atomic E-state index is 0.641. The summed E-state index contributed by atoms with van der Waals surface area (Å²) in [4.78, 5) is 14.8. The van der Waals surface area contributed by atoms with Crippen LogP contribution >= 0.6 is 0 Å². The summed E-state index contributed by atoms with van der Waals surface area (Å²) in [5, 5.41) is 7.46. The van der Waals surface area contributed by atoms with Crippen molar-refractivity contribution in [2.45, 2.75) is 0 Å². The Hall–Kier alpha value is -7.89. The predicted octanol–water partition coefficient (Wildman–Crippen LogP) is 13.3. The lowest BCUT2D eigenvalue weighted by Gasteiger charge is -2.13. The largest absolute Gasteiger partial charge is 0.307 e. The molecule has 0 saturated heterocycles. The summed E-state index contributed by atoms with van der Waals surface area (Å²) in [5.74, 6) is 1.94. The molecule has 0 radical (unpaired) electrons. The average molecular weight is 740 g/mol. The second kappa shape index (κ2) is 12.8. The van der Waals surface area contributed by atoms with Crippen molar-refractivity contribution >= 4 is 59.9 Å². The molecule has 0 atom stereocenters. The molecule has 58 heavy (non-hydrogen) atoms. The van der Waals surface area contributed by atoms with Crippen molar-refractivity contribution in [1.82, 2.24) is 23.9 Å². The molecule has 4 heterocycles. The molecule has 5 heteroatoms. The molecule has 4 aromatic heterocycles. The van der Waals surface area contributed by atoms with Crippen LogP contribution in [0.4, 0.5) is 0 Å². The predicted molar refractivity (Wildman–Crippen MR) is 239 cm³/mol. The second-order valence-corrected chi connectivity index (χ2v) is 14.8. The Morgan fingerprint density at radius 3 is 1.45 bits per heavy atom. The lowest BCUT2D eigenvalue weighted by atomic mass is 10.0. The highest BCUT2D eigenvalue weighted by molar-refractivity contribution is 6.22. The third-order valence-electron chi connectivity index (χ3n) is 11.5. The van der Waals surface area contributed by atoms with Gasteiger partial charge in [-0.05, 0) is 46.8 Å². The van der Waals surface area contributed by atoms with Crippen LogP contribution in [0, 0.1) is 0 Å². The second-order valence-electron chi connectivity index (χ2n) is 14.8. The zero-order chi connectivity index (χ0) is 38.2. The number of hydrogen-bond acceptors (Lipinski definition) is 3. The van der Waals surface area contributed by atoms with E-state index in [1.54, 1.807) is 0 Å². The van der Waals surface area contributed by atoms with Crippen LogP contribution in [0.15, 0.2) is 200 Å². The van der Waals surface area contributed by atoms with Crippen LogP contribution in [-0.4, -0.2) is 23.9 Å². The fourth-order valence-corrected chi connectivity index (χ4v) is 8.87. The summed E-state index contributed by atoms with van der Waals surface area (Å²) in [7, 11) is 0. The summed E-state index contributed by atoms with van der Waals surface area (Å²) in [6, 6.07) is 71.0. The normalized spacial score (nSPS) is 11.8. The monoisotopic (exact) mass is 739 g/mol. The van der Waals surface area contributed by atoms with Crippen molar-refractivity contribution in [3.05, 3.63) is 200 Å². The Labute approximate surface area is 333 Å². The highest BCUT2D eigenvalue weighted by atomic mass is 15.0. The van der Waals surface area contributed by atoms with Crippen LogP contribution in [-0.2, 0) is 0 Å². The van der Waals surface area contributed by atoms with Crippen molar-refractivity contribution in [3.8, 4) is 51.0 Å². The number of hydrogen-bond donors (Lipinski definition) is 0. The van der Waals surface area contributed by atoms with E-state index in [1.165, 1.54) is 59.9 Å². The topological polar surface area (TPSA) is 48.0 Å². The van der Waals surface area contributed by atoms with Gasteiger partial charge in [-0.3, -0.25) is 0 Å². The number of benzene rings is 8. The van der Waals surface area contributed by atoms with Crippen LogP contribution in [0.5, 0.6) is 0 Å². The Bertz CT molecular complexity index is 3490. The first-order chi connectivity index (χ1) is 28.8. The van der Waals surface area contributed by atoms with Crippen LogP contribution in [0.25, 0.3) is 111 Å². The minimum atomic E-state index is 0.641. The molecule has 12 rings (SSSR count). The molecule has 0 aliphatic carbocycles. The summed E-state index contributed by atoms with van der Waals surface area (Å²) in [6.07, 6.45) is 0. The zero-order valence-corrected chi connectivity index (χ0v) is 31.3. The Kier molecular flexibility index (Phi) is 7.16. The number of fused-ring (bicyclic) bond motifs is 12. The molecule has 0 unspecified atom stereocenters. The SMILES string of the molecule is c1ccc(-c2nc(-c3ccccc3)nc(-c3ccc(-c4cccc(-n5c6ccccc6c6ccc7cc8c9ccccc9c9ccccc9n8c7c65)c4)cc3)n2)cc1. The van der Waals surface area contributed by atoms with Crippen molar-refractivity contribution in [2.75, 3.05) is 0 Å². The maximum atomic E-state index is 4.96. The third-order valence-corrected chi connectivity index (χ3v) is 11.5. The quantitative estimate of drug-likeness (QED) is 0.165. The average Bonchev–Trinajstić information content (AvgIpc) is 3.87. The molecule has 0 amide bonds. The molecule has 0 bridgehead atoms. The van der Waals surface area contributed by atoms with Gasteiger partial charge in [-0.1, -0.05) is 170 Å². The smallest absolute Gasteiger partial charge is 0.164 e. The van der Waals surface area contributed by atoms with Crippen LogP contribution in [0.3, 0.4) is 0 Å². The first-order valence-electron chi connectivity index (χ1n) is 19.6. The van der Waals surface area contributed by atoms with Crippen LogP contribution < -0.4 is 0 Å². The van der Waals surface area contributed by atoms with Gasteiger partial charge in [-0.2, -0.15) is 0 Å². The van der Waals surface area contributed by atoms with Gasteiger partial charge in [0.25, 0.3) is 0 Å². The molecule has 0 aliphatic rings. The van der Waals surface area contributed by atoms with E-state index in [1.807, 2.05) is 60.7 Å². The molecule has 270 valence electrons. The lowest BCUT2D eigenvalue weighted by molar-refractivity contribution is 1.07. The van der Waals surface area contributed by atoms with Crippen LogP contribution in [0.1, 0.15) is 0 Å². The lowest BCUT2D eigenvalue weighted by Crippen LogP contribution is -2.00. The van der Waals surface area contributed by atoms with Gasteiger partial charge in [0.15, 0.2) is 17.5 Å². The summed E-state index contributed by atoms with van der Waals surface area (Å²) in [5.41, 5.74) is 12.2. The van der Waals surface area contributed by atoms with E-state index in [9.17, 15) is 0 Å². The van der Waals surface area contributed by atoms with Gasteiger partial charge in [-0.15, -0.1) is 0 Å². The van der Waals surface area contributed by atoms with E-state index in [-0.39, 0.29) is 0 Å². The molecule has 0 aliphatic heterocycles. The van der Waals surface area contributed by atoms with Crippen LogP contribution in [0.2, 0.25) is 0 Å². The fourth-order valence-electron chi connectivity index (χ4n) is 8.87. The number of aromatic nitrogens is 5. The Morgan fingerprint density at radius 2 is 0.793 bits per heavy atom. The van der Waals surface area contributed by atoms with E-state index in [2.05, 4.69) is 148 Å². The molecule has 0 fully saturated rings. The Balaban J connectivity index is 1.03. The molecule has 0 N–H and O–H groups in total. The van der Waals surface area contributed by atoms with Gasteiger partial charge in [0, 0.05) is 49.3 Å². The summed E-state index contributed by atoms with van der Waals surface area (Å²) < 4.78 is 4.95. The molecule has 5 nitrogen and oxygen atoms in total.